The normalized spacial score (nSPS) is 18.4. The molecule has 4 nitrogen and oxygen atoms in total. The Hall–Kier alpha value is -2.11. The molecule has 0 saturated carbocycles. The van der Waals surface area contributed by atoms with Gasteiger partial charge in [-0.2, -0.15) is 0 Å². The molecular formula is C22H27NO3S. The number of aryl methyl sites for hydroxylation is 2. The molecule has 2 aromatic rings. The molecule has 0 radical (unpaired) electrons. The molecule has 0 bridgehead atoms. The summed E-state index contributed by atoms with van der Waals surface area (Å²) in [5, 5.41) is 11.3. The van der Waals surface area contributed by atoms with E-state index in [9.17, 15) is 9.90 Å². The summed E-state index contributed by atoms with van der Waals surface area (Å²) < 4.78 is 5.94. The van der Waals surface area contributed by atoms with Gasteiger partial charge in [0.1, 0.15) is 6.61 Å². The Morgan fingerprint density at radius 2 is 2.11 bits per heavy atom. The molecule has 5 heteroatoms. The van der Waals surface area contributed by atoms with Crippen LogP contribution in [0.1, 0.15) is 34.4 Å². The lowest BCUT2D eigenvalue weighted by Crippen LogP contribution is -2.40. The van der Waals surface area contributed by atoms with Crippen molar-refractivity contribution in [1.82, 2.24) is 4.90 Å². The molecule has 0 aliphatic carbocycles. The number of aliphatic carboxylic acids is 1. The predicted octanol–water partition coefficient (Wildman–Crippen LogP) is 4.57. The Balaban J connectivity index is 1.67. The van der Waals surface area contributed by atoms with Crippen molar-refractivity contribution < 1.29 is 14.6 Å². The molecule has 1 saturated heterocycles. The minimum absolute atomic E-state index is 0.245. The van der Waals surface area contributed by atoms with Crippen molar-refractivity contribution in [2.24, 2.45) is 5.92 Å². The largest absolute Gasteiger partial charge is 0.499 e. The van der Waals surface area contributed by atoms with Gasteiger partial charge in [0.05, 0.1) is 12.2 Å². The van der Waals surface area contributed by atoms with Crippen LogP contribution in [-0.2, 0) is 9.53 Å². The molecule has 0 amide bonds. The van der Waals surface area contributed by atoms with Crippen molar-refractivity contribution in [2.45, 2.75) is 26.7 Å². The summed E-state index contributed by atoms with van der Waals surface area (Å²) in [6.45, 7) is 7.13. The minimum Gasteiger partial charge on any atom is -0.499 e. The molecule has 1 fully saturated rings. The Morgan fingerprint density at radius 1 is 1.30 bits per heavy atom. The van der Waals surface area contributed by atoms with Crippen molar-refractivity contribution in [1.29, 1.82) is 0 Å². The van der Waals surface area contributed by atoms with Gasteiger partial charge in [0, 0.05) is 23.5 Å². The lowest BCUT2D eigenvalue weighted by molar-refractivity contribution is -0.143. The molecule has 1 aromatic heterocycles. The number of hydrogen-bond acceptors (Lipinski definition) is 4. The van der Waals surface area contributed by atoms with Crippen molar-refractivity contribution in [3.05, 3.63) is 63.5 Å². The first kappa shape index (κ1) is 19.6. The maximum Gasteiger partial charge on any atom is 0.307 e. The molecule has 1 aliphatic heterocycles. The monoisotopic (exact) mass is 385 g/mol. The first-order valence-corrected chi connectivity index (χ1v) is 10.3. The number of carbonyl (C=O) groups is 1. The number of thiophene rings is 1. The SMILES string of the molecule is Cc1ccccc1C(=COCCN1CCC[C@@H](C(=O)O)C1)c1sccc1C. The van der Waals surface area contributed by atoms with Gasteiger partial charge in [-0.1, -0.05) is 24.3 Å². The highest BCUT2D eigenvalue weighted by Gasteiger charge is 2.24. The first-order chi connectivity index (χ1) is 13.1. The molecule has 0 spiro atoms. The second-order valence-corrected chi connectivity index (χ2v) is 8.04. The molecule has 1 aliphatic rings. The van der Waals surface area contributed by atoms with Crippen LogP contribution in [0.5, 0.6) is 0 Å². The maximum absolute atomic E-state index is 11.2. The van der Waals surface area contributed by atoms with Gasteiger partial charge in [0.25, 0.3) is 0 Å². The van der Waals surface area contributed by atoms with Crippen molar-refractivity contribution >= 4 is 22.9 Å². The lowest BCUT2D eigenvalue weighted by Gasteiger charge is -2.30. The Bertz CT molecular complexity index is 811. The van der Waals surface area contributed by atoms with Gasteiger partial charge < -0.3 is 9.84 Å². The van der Waals surface area contributed by atoms with Crippen LogP contribution < -0.4 is 0 Å². The van der Waals surface area contributed by atoms with Gasteiger partial charge in [-0.25, -0.2) is 0 Å². The highest BCUT2D eigenvalue weighted by atomic mass is 32.1. The molecule has 0 unspecified atom stereocenters. The summed E-state index contributed by atoms with van der Waals surface area (Å²) in [6.07, 6.45) is 3.59. The van der Waals surface area contributed by atoms with Gasteiger partial charge in [0.15, 0.2) is 0 Å². The standard InChI is InChI=1S/C22H27NO3S/c1-16-6-3-4-8-19(16)20(21-17(2)9-13-27-21)15-26-12-11-23-10-5-7-18(14-23)22(24)25/h3-4,6,8-9,13,15,18H,5,7,10-12,14H2,1-2H3,(H,24,25)/t18-/m1/s1. The maximum atomic E-state index is 11.2. The van der Waals surface area contributed by atoms with Crippen LogP contribution in [0.2, 0.25) is 0 Å². The summed E-state index contributed by atoms with van der Waals surface area (Å²) in [7, 11) is 0. The fourth-order valence-corrected chi connectivity index (χ4v) is 4.49. The quantitative estimate of drug-likeness (QED) is 0.560. The van der Waals surface area contributed by atoms with Gasteiger partial charge in [0.2, 0.25) is 0 Å². The number of carboxylic acid groups (broad SMARTS) is 1. The Labute approximate surface area is 165 Å². The number of rotatable bonds is 7. The van der Waals surface area contributed by atoms with E-state index in [0.29, 0.717) is 13.2 Å². The first-order valence-electron chi connectivity index (χ1n) is 9.43. The van der Waals surface area contributed by atoms with E-state index in [1.807, 2.05) is 12.3 Å². The number of benzene rings is 1. The van der Waals surface area contributed by atoms with Gasteiger partial charge in [-0.15, -0.1) is 11.3 Å². The number of carboxylic acids is 1. The van der Waals surface area contributed by atoms with Crippen LogP contribution in [0.25, 0.3) is 5.57 Å². The Morgan fingerprint density at radius 3 is 2.81 bits per heavy atom. The van der Waals surface area contributed by atoms with Crippen LogP contribution in [0.3, 0.4) is 0 Å². The molecule has 27 heavy (non-hydrogen) atoms. The lowest BCUT2D eigenvalue weighted by atomic mass is 9.98. The number of hydrogen-bond donors (Lipinski definition) is 1. The third-order valence-corrected chi connectivity index (χ3v) is 6.17. The molecule has 1 N–H and O–H groups in total. The van der Waals surface area contributed by atoms with E-state index in [0.717, 1.165) is 31.5 Å². The smallest absolute Gasteiger partial charge is 0.307 e. The highest BCUT2D eigenvalue weighted by Crippen LogP contribution is 2.32. The van der Waals surface area contributed by atoms with Gasteiger partial charge in [-0.05, 0) is 61.4 Å². The van der Waals surface area contributed by atoms with E-state index in [1.54, 1.807) is 11.3 Å². The summed E-state index contributed by atoms with van der Waals surface area (Å²) in [5.41, 5.74) is 4.77. The fourth-order valence-electron chi connectivity index (χ4n) is 3.55. The molecular weight excluding hydrogens is 358 g/mol. The third-order valence-electron chi connectivity index (χ3n) is 5.12. The van der Waals surface area contributed by atoms with Crippen LogP contribution >= 0.6 is 11.3 Å². The average molecular weight is 386 g/mol. The third kappa shape index (κ3) is 4.99. The number of likely N-dealkylation sites (tertiary alicyclic amines) is 1. The van der Waals surface area contributed by atoms with E-state index in [2.05, 4.69) is 48.4 Å². The van der Waals surface area contributed by atoms with E-state index in [-0.39, 0.29) is 5.92 Å². The van der Waals surface area contributed by atoms with E-state index >= 15 is 0 Å². The van der Waals surface area contributed by atoms with Gasteiger partial charge >= 0.3 is 5.97 Å². The summed E-state index contributed by atoms with van der Waals surface area (Å²) in [5.74, 6) is -0.930. The van der Waals surface area contributed by atoms with Crippen LogP contribution in [-0.4, -0.2) is 42.2 Å². The summed E-state index contributed by atoms with van der Waals surface area (Å²) in [6, 6.07) is 10.5. The molecule has 2 heterocycles. The highest BCUT2D eigenvalue weighted by molar-refractivity contribution is 7.11. The topological polar surface area (TPSA) is 49.8 Å². The fraction of sp³-hybridized carbons (Fsp3) is 0.409. The van der Waals surface area contributed by atoms with Crippen LogP contribution in [0, 0.1) is 19.8 Å². The average Bonchev–Trinajstić information content (AvgIpc) is 3.09. The van der Waals surface area contributed by atoms with E-state index < -0.39 is 5.97 Å². The van der Waals surface area contributed by atoms with Gasteiger partial charge in [-0.3, -0.25) is 9.69 Å². The molecule has 1 aromatic carbocycles. The predicted molar refractivity (Wildman–Crippen MR) is 110 cm³/mol. The second kappa shape index (κ2) is 9.20. The van der Waals surface area contributed by atoms with E-state index in [4.69, 9.17) is 4.74 Å². The zero-order valence-corrected chi connectivity index (χ0v) is 16.8. The minimum atomic E-state index is -0.685. The number of piperidine rings is 1. The zero-order chi connectivity index (χ0) is 19.2. The van der Waals surface area contributed by atoms with Crippen molar-refractivity contribution in [3.63, 3.8) is 0 Å². The Kier molecular flexibility index (Phi) is 6.69. The second-order valence-electron chi connectivity index (χ2n) is 7.13. The van der Waals surface area contributed by atoms with Crippen molar-refractivity contribution in [2.75, 3.05) is 26.2 Å². The molecule has 144 valence electrons. The van der Waals surface area contributed by atoms with Crippen LogP contribution in [0.4, 0.5) is 0 Å². The van der Waals surface area contributed by atoms with Crippen LogP contribution in [0.15, 0.2) is 42.0 Å². The molecule has 3 rings (SSSR count). The number of ether oxygens (including phenoxy) is 1. The molecule has 1 atom stereocenters. The van der Waals surface area contributed by atoms with E-state index in [1.165, 1.54) is 21.6 Å². The summed E-state index contributed by atoms with van der Waals surface area (Å²) in [4.78, 5) is 14.6. The zero-order valence-electron chi connectivity index (χ0n) is 16.0. The summed E-state index contributed by atoms with van der Waals surface area (Å²) >= 11 is 1.73. The van der Waals surface area contributed by atoms with Crippen molar-refractivity contribution in [3.8, 4) is 0 Å². The number of nitrogens with zero attached hydrogens (tertiary/aromatic N) is 1.